The molecule has 4 nitrogen and oxygen atoms in total. The van der Waals surface area contributed by atoms with E-state index in [1.165, 1.54) is 11.1 Å². The summed E-state index contributed by atoms with van der Waals surface area (Å²) in [6.45, 7) is 3.43. The number of aryl methyl sites for hydroxylation is 1. The van der Waals surface area contributed by atoms with Crippen LogP contribution < -0.4 is 10.1 Å². The van der Waals surface area contributed by atoms with Crippen LogP contribution in [0.3, 0.4) is 0 Å². The molecule has 1 N–H and O–H groups in total. The number of hydrogen-bond acceptors (Lipinski definition) is 3. The van der Waals surface area contributed by atoms with Crippen LogP contribution in [0.5, 0.6) is 5.75 Å². The van der Waals surface area contributed by atoms with Crippen LogP contribution in [-0.2, 0) is 12.8 Å². The lowest BCUT2D eigenvalue weighted by Crippen LogP contribution is -2.34. The molecule has 1 atom stereocenters. The highest BCUT2D eigenvalue weighted by molar-refractivity contribution is 5.94. The van der Waals surface area contributed by atoms with Crippen LogP contribution in [0.2, 0.25) is 0 Å². The summed E-state index contributed by atoms with van der Waals surface area (Å²) in [5.41, 5.74) is 4.35. The molecule has 0 radical (unpaired) electrons. The highest BCUT2D eigenvalue weighted by Crippen LogP contribution is 2.26. The Bertz CT molecular complexity index is 738. The van der Waals surface area contributed by atoms with E-state index in [-0.39, 0.29) is 11.9 Å². The first-order valence-electron chi connectivity index (χ1n) is 8.87. The van der Waals surface area contributed by atoms with E-state index < -0.39 is 0 Å². The number of carbonyl (C=O) groups is 1. The molecular weight excluding hydrogens is 312 g/mol. The van der Waals surface area contributed by atoms with Crippen molar-refractivity contribution in [1.82, 2.24) is 10.2 Å². The van der Waals surface area contributed by atoms with Crippen molar-refractivity contribution < 1.29 is 9.53 Å². The number of benzene rings is 2. The Labute approximate surface area is 149 Å². The zero-order chi connectivity index (χ0) is 17.8. The Morgan fingerprint density at radius 1 is 1.20 bits per heavy atom. The van der Waals surface area contributed by atoms with E-state index in [0.717, 1.165) is 24.2 Å². The number of amides is 1. The summed E-state index contributed by atoms with van der Waals surface area (Å²) in [6, 6.07) is 14.4. The summed E-state index contributed by atoms with van der Waals surface area (Å²) >= 11 is 0. The van der Waals surface area contributed by atoms with E-state index in [2.05, 4.69) is 41.4 Å². The van der Waals surface area contributed by atoms with E-state index in [4.69, 9.17) is 4.74 Å². The first kappa shape index (κ1) is 17.5. The third-order valence-corrected chi connectivity index (χ3v) is 4.80. The smallest absolute Gasteiger partial charge is 0.251 e. The van der Waals surface area contributed by atoms with Crippen molar-refractivity contribution >= 4 is 5.91 Å². The quantitative estimate of drug-likeness (QED) is 0.879. The number of nitrogens with one attached hydrogen (secondary N) is 1. The number of hydrogen-bond donors (Lipinski definition) is 1. The molecule has 1 amide bonds. The Hall–Kier alpha value is -2.33. The van der Waals surface area contributed by atoms with Crippen LogP contribution in [0.4, 0.5) is 0 Å². The molecule has 0 spiro atoms. The average molecular weight is 338 g/mol. The fourth-order valence-corrected chi connectivity index (χ4v) is 3.19. The lowest BCUT2D eigenvalue weighted by Gasteiger charge is -2.25. The molecule has 1 heterocycles. The Morgan fingerprint density at radius 2 is 1.96 bits per heavy atom. The molecule has 0 saturated heterocycles. The zero-order valence-corrected chi connectivity index (χ0v) is 15.2. The molecule has 4 heteroatoms. The van der Waals surface area contributed by atoms with Gasteiger partial charge in [0.2, 0.25) is 0 Å². The maximum atomic E-state index is 12.5. The predicted molar refractivity (Wildman–Crippen MR) is 100 cm³/mol. The van der Waals surface area contributed by atoms with Gasteiger partial charge in [-0.1, -0.05) is 31.2 Å². The Kier molecular flexibility index (Phi) is 5.39. The minimum Gasteiger partial charge on any atom is -0.493 e. The fourth-order valence-electron chi connectivity index (χ4n) is 3.19. The van der Waals surface area contributed by atoms with Gasteiger partial charge in [0.25, 0.3) is 5.91 Å². The van der Waals surface area contributed by atoms with Crippen LogP contribution in [0.1, 0.15) is 40.0 Å². The summed E-state index contributed by atoms with van der Waals surface area (Å²) in [5, 5.41) is 3.08. The monoisotopic (exact) mass is 338 g/mol. The van der Waals surface area contributed by atoms with Gasteiger partial charge in [0, 0.05) is 18.5 Å². The van der Waals surface area contributed by atoms with Gasteiger partial charge in [0.1, 0.15) is 5.75 Å². The standard InChI is InChI=1S/C21H26N2O2/c1-4-15-5-7-16(8-6-15)19(23(2)3)14-22-21(24)18-9-10-20-17(13-18)11-12-25-20/h5-10,13,19H,4,11-12,14H2,1-3H3,(H,22,24). The molecule has 2 aromatic carbocycles. The van der Waals surface area contributed by atoms with Crippen LogP contribution in [0.25, 0.3) is 0 Å². The van der Waals surface area contributed by atoms with Crippen molar-refractivity contribution in [2.75, 3.05) is 27.2 Å². The highest BCUT2D eigenvalue weighted by atomic mass is 16.5. The zero-order valence-electron chi connectivity index (χ0n) is 15.2. The van der Waals surface area contributed by atoms with Gasteiger partial charge in [0.15, 0.2) is 0 Å². The summed E-state index contributed by atoms with van der Waals surface area (Å²) in [4.78, 5) is 14.7. The first-order valence-corrected chi connectivity index (χ1v) is 8.87. The topological polar surface area (TPSA) is 41.6 Å². The number of carbonyl (C=O) groups excluding carboxylic acids is 1. The summed E-state index contributed by atoms with van der Waals surface area (Å²) < 4.78 is 5.50. The lowest BCUT2D eigenvalue weighted by atomic mass is 10.0. The summed E-state index contributed by atoms with van der Waals surface area (Å²) in [7, 11) is 4.08. The second-order valence-corrected chi connectivity index (χ2v) is 6.71. The van der Waals surface area contributed by atoms with Gasteiger partial charge < -0.3 is 15.0 Å². The van der Waals surface area contributed by atoms with Crippen molar-refractivity contribution in [1.29, 1.82) is 0 Å². The molecule has 1 unspecified atom stereocenters. The minimum atomic E-state index is -0.0354. The molecule has 3 rings (SSSR count). The average Bonchev–Trinajstić information content (AvgIpc) is 3.09. The molecule has 132 valence electrons. The van der Waals surface area contributed by atoms with Gasteiger partial charge in [0.05, 0.1) is 12.6 Å². The molecular formula is C21H26N2O2. The fraction of sp³-hybridized carbons (Fsp3) is 0.381. The van der Waals surface area contributed by atoms with Gasteiger partial charge in [-0.05, 0) is 55.4 Å². The molecule has 2 aromatic rings. The SMILES string of the molecule is CCc1ccc(C(CNC(=O)c2ccc3c(c2)CCO3)N(C)C)cc1. The maximum absolute atomic E-state index is 12.5. The summed E-state index contributed by atoms with van der Waals surface area (Å²) in [5.74, 6) is 0.866. The molecule has 1 aliphatic rings. The van der Waals surface area contributed by atoms with E-state index in [0.29, 0.717) is 18.7 Å². The molecule has 0 aliphatic carbocycles. The number of ether oxygens (including phenoxy) is 1. The van der Waals surface area contributed by atoms with Crippen molar-refractivity contribution in [3.63, 3.8) is 0 Å². The Balaban J connectivity index is 1.67. The number of fused-ring (bicyclic) bond motifs is 1. The van der Waals surface area contributed by atoms with Gasteiger partial charge in [-0.2, -0.15) is 0 Å². The molecule has 0 fully saturated rings. The maximum Gasteiger partial charge on any atom is 0.251 e. The number of rotatable bonds is 6. The first-order chi connectivity index (χ1) is 12.1. The normalized spacial score (nSPS) is 14.1. The second kappa shape index (κ2) is 7.70. The highest BCUT2D eigenvalue weighted by Gasteiger charge is 2.18. The molecule has 0 aromatic heterocycles. The predicted octanol–water partition coefficient (Wildman–Crippen LogP) is 3.22. The second-order valence-electron chi connectivity index (χ2n) is 6.71. The molecule has 0 bridgehead atoms. The van der Waals surface area contributed by atoms with E-state index >= 15 is 0 Å². The van der Waals surface area contributed by atoms with Crippen LogP contribution in [0.15, 0.2) is 42.5 Å². The third-order valence-electron chi connectivity index (χ3n) is 4.80. The van der Waals surface area contributed by atoms with Gasteiger partial charge in [-0.25, -0.2) is 0 Å². The number of nitrogens with zero attached hydrogens (tertiary/aromatic N) is 1. The minimum absolute atomic E-state index is 0.0354. The number of likely N-dealkylation sites (N-methyl/N-ethyl adjacent to an activating group) is 1. The van der Waals surface area contributed by atoms with Crippen LogP contribution in [-0.4, -0.2) is 38.1 Å². The van der Waals surface area contributed by atoms with Gasteiger partial charge in [-0.15, -0.1) is 0 Å². The van der Waals surface area contributed by atoms with Crippen molar-refractivity contribution in [2.45, 2.75) is 25.8 Å². The van der Waals surface area contributed by atoms with E-state index in [9.17, 15) is 4.79 Å². The van der Waals surface area contributed by atoms with Gasteiger partial charge >= 0.3 is 0 Å². The van der Waals surface area contributed by atoms with Crippen molar-refractivity contribution in [3.8, 4) is 5.75 Å². The molecule has 0 saturated carbocycles. The van der Waals surface area contributed by atoms with Crippen LogP contribution >= 0.6 is 0 Å². The van der Waals surface area contributed by atoms with E-state index in [1.807, 2.05) is 32.3 Å². The Morgan fingerprint density at radius 3 is 2.64 bits per heavy atom. The van der Waals surface area contributed by atoms with Crippen LogP contribution in [0, 0.1) is 0 Å². The molecule has 1 aliphatic heterocycles. The third kappa shape index (κ3) is 4.02. The van der Waals surface area contributed by atoms with Crippen molar-refractivity contribution in [2.24, 2.45) is 0 Å². The van der Waals surface area contributed by atoms with Gasteiger partial charge in [-0.3, -0.25) is 4.79 Å². The largest absolute Gasteiger partial charge is 0.493 e. The van der Waals surface area contributed by atoms with Crippen molar-refractivity contribution in [3.05, 3.63) is 64.7 Å². The summed E-state index contributed by atoms with van der Waals surface area (Å²) in [6.07, 6.45) is 1.91. The van der Waals surface area contributed by atoms with E-state index in [1.54, 1.807) is 0 Å². The lowest BCUT2D eigenvalue weighted by molar-refractivity contribution is 0.0942. The molecule has 25 heavy (non-hydrogen) atoms.